The van der Waals surface area contributed by atoms with Crippen LogP contribution < -0.4 is 0 Å². The third-order valence-corrected chi connectivity index (χ3v) is 3.67. The van der Waals surface area contributed by atoms with Crippen LogP contribution >= 0.6 is 11.3 Å². The highest BCUT2D eigenvalue weighted by atomic mass is 32.1. The SMILES string of the molecule is O=C(OCc1nn[nH]n1)C1Cc2cscc2C1. The minimum Gasteiger partial charge on any atom is -0.457 e. The average Bonchev–Trinajstić information content (AvgIpc) is 3.01. The van der Waals surface area contributed by atoms with Crippen molar-refractivity contribution in [3.8, 4) is 0 Å². The predicted molar refractivity (Wildman–Crippen MR) is 59.2 cm³/mol. The van der Waals surface area contributed by atoms with Crippen LogP contribution in [-0.4, -0.2) is 26.6 Å². The molecule has 2 heterocycles. The van der Waals surface area contributed by atoms with Gasteiger partial charge in [-0.2, -0.15) is 16.6 Å². The highest BCUT2D eigenvalue weighted by molar-refractivity contribution is 7.08. The number of fused-ring (bicyclic) bond motifs is 1. The van der Waals surface area contributed by atoms with Crippen molar-refractivity contribution >= 4 is 17.3 Å². The van der Waals surface area contributed by atoms with Crippen molar-refractivity contribution in [2.24, 2.45) is 5.92 Å². The number of H-pyrrole nitrogens is 1. The second kappa shape index (κ2) is 4.25. The normalized spacial score (nSPS) is 14.8. The van der Waals surface area contributed by atoms with Crippen molar-refractivity contribution in [3.05, 3.63) is 27.7 Å². The molecule has 0 radical (unpaired) electrons. The average molecular weight is 250 g/mol. The number of aromatic amines is 1. The Morgan fingerprint density at radius 2 is 2.24 bits per heavy atom. The fraction of sp³-hybridized carbons (Fsp3) is 0.400. The lowest BCUT2D eigenvalue weighted by molar-refractivity contribution is -0.149. The van der Waals surface area contributed by atoms with E-state index in [1.54, 1.807) is 11.3 Å². The number of thiophene rings is 1. The molecule has 0 amide bonds. The Morgan fingerprint density at radius 1 is 1.47 bits per heavy atom. The van der Waals surface area contributed by atoms with Crippen molar-refractivity contribution in [2.45, 2.75) is 19.4 Å². The van der Waals surface area contributed by atoms with Gasteiger partial charge in [-0.25, -0.2) is 0 Å². The number of aromatic nitrogens is 4. The number of nitrogens with zero attached hydrogens (tertiary/aromatic N) is 3. The molecule has 6 nitrogen and oxygen atoms in total. The summed E-state index contributed by atoms with van der Waals surface area (Å²) in [6, 6.07) is 0. The molecule has 1 aliphatic rings. The van der Waals surface area contributed by atoms with Gasteiger partial charge in [0, 0.05) is 0 Å². The van der Waals surface area contributed by atoms with Gasteiger partial charge in [-0.15, -0.1) is 10.2 Å². The first kappa shape index (κ1) is 10.4. The fourth-order valence-corrected chi connectivity index (χ4v) is 2.87. The molecule has 0 fully saturated rings. The van der Waals surface area contributed by atoms with Crippen molar-refractivity contribution in [2.75, 3.05) is 0 Å². The molecule has 1 aliphatic carbocycles. The summed E-state index contributed by atoms with van der Waals surface area (Å²) in [5.74, 6) is 0.154. The summed E-state index contributed by atoms with van der Waals surface area (Å²) in [7, 11) is 0. The maximum Gasteiger partial charge on any atom is 0.310 e. The third-order valence-electron chi connectivity index (χ3n) is 2.83. The number of hydrogen-bond donors (Lipinski definition) is 1. The van der Waals surface area contributed by atoms with Gasteiger partial charge in [0.15, 0.2) is 6.61 Å². The molecule has 2 aromatic rings. The van der Waals surface area contributed by atoms with Crippen molar-refractivity contribution < 1.29 is 9.53 Å². The van der Waals surface area contributed by atoms with Crippen LogP contribution in [0.4, 0.5) is 0 Å². The van der Waals surface area contributed by atoms with E-state index in [4.69, 9.17) is 4.74 Å². The predicted octanol–water partition coefficient (Wildman–Crippen LogP) is 0.719. The molecule has 1 N–H and O–H groups in total. The van der Waals surface area contributed by atoms with E-state index in [-0.39, 0.29) is 18.5 Å². The Hall–Kier alpha value is -1.76. The first-order chi connectivity index (χ1) is 8.33. The topological polar surface area (TPSA) is 80.8 Å². The number of hydrogen-bond acceptors (Lipinski definition) is 6. The quantitative estimate of drug-likeness (QED) is 0.812. The van der Waals surface area contributed by atoms with E-state index in [0.29, 0.717) is 5.82 Å². The number of ether oxygens (including phenoxy) is 1. The van der Waals surface area contributed by atoms with Gasteiger partial charge < -0.3 is 4.74 Å². The molecule has 0 saturated carbocycles. The maximum atomic E-state index is 11.8. The van der Waals surface area contributed by atoms with Gasteiger partial charge in [-0.05, 0) is 34.7 Å². The number of esters is 1. The van der Waals surface area contributed by atoms with Crippen molar-refractivity contribution in [1.29, 1.82) is 0 Å². The van der Waals surface area contributed by atoms with E-state index in [2.05, 4.69) is 31.4 Å². The smallest absolute Gasteiger partial charge is 0.310 e. The number of rotatable bonds is 3. The Bertz CT molecular complexity index is 502. The minimum absolute atomic E-state index is 0.0553. The highest BCUT2D eigenvalue weighted by Gasteiger charge is 2.29. The minimum atomic E-state index is -0.184. The molecule has 0 unspecified atom stereocenters. The van der Waals surface area contributed by atoms with Gasteiger partial charge in [0.25, 0.3) is 0 Å². The van der Waals surface area contributed by atoms with Gasteiger partial charge in [0.1, 0.15) is 0 Å². The zero-order valence-corrected chi connectivity index (χ0v) is 9.74. The third kappa shape index (κ3) is 2.05. The molecule has 88 valence electrons. The van der Waals surface area contributed by atoms with Crippen LogP contribution in [0.1, 0.15) is 17.0 Å². The van der Waals surface area contributed by atoms with Crippen LogP contribution in [0.15, 0.2) is 10.8 Å². The Kier molecular flexibility index (Phi) is 2.60. The second-order valence-electron chi connectivity index (χ2n) is 3.96. The molecule has 0 atom stereocenters. The second-order valence-corrected chi connectivity index (χ2v) is 4.71. The first-order valence-corrected chi connectivity index (χ1v) is 6.20. The molecule has 0 aromatic carbocycles. The van der Waals surface area contributed by atoms with E-state index in [0.717, 1.165) is 12.8 Å². The zero-order valence-electron chi connectivity index (χ0n) is 8.92. The van der Waals surface area contributed by atoms with Gasteiger partial charge in [0.05, 0.1) is 5.92 Å². The Balaban J connectivity index is 1.56. The van der Waals surface area contributed by atoms with Crippen molar-refractivity contribution in [3.63, 3.8) is 0 Å². The van der Waals surface area contributed by atoms with E-state index in [1.165, 1.54) is 11.1 Å². The van der Waals surface area contributed by atoms with E-state index in [1.807, 2.05) is 0 Å². The summed E-state index contributed by atoms with van der Waals surface area (Å²) < 4.78 is 5.15. The van der Waals surface area contributed by atoms with E-state index in [9.17, 15) is 4.79 Å². The monoisotopic (exact) mass is 250 g/mol. The van der Waals surface area contributed by atoms with Crippen LogP contribution in [0.2, 0.25) is 0 Å². The van der Waals surface area contributed by atoms with Crippen LogP contribution in [-0.2, 0) is 29.0 Å². The summed E-state index contributed by atoms with van der Waals surface area (Å²) in [5.41, 5.74) is 2.55. The number of nitrogens with one attached hydrogen (secondary N) is 1. The summed E-state index contributed by atoms with van der Waals surface area (Å²) >= 11 is 1.68. The van der Waals surface area contributed by atoms with Crippen LogP contribution in [0.25, 0.3) is 0 Å². The largest absolute Gasteiger partial charge is 0.457 e. The van der Waals surface area contributed by atoms with Gasteiger partial charge in [-0.1, -0.05) is 5.21 Å². The van der Waals surface area contributed by atoms with E-state index >= 15 is 0 Å². The summed E-state index contributed by atoms with van der Waals surface area (Å²) in [6.07, 6.45) is 1.56. The molecule has 0 bridgehead atoms. The van der Waals surface area contributed by atoms with E-state index < -0.39 is 0 Å². The lowest BCUT2D eigenvalue weighted by Crippen LogP contribution is -2.18. The molecule has 7 heteroatoms. The number of tetrazole rings is 1. The molecule has 17 heavy (non-hydrogen) atoms. The number of carbonyl (C=O) groups excluding carboxylic acids is 1. The Labute approximate surface area is 101 Å². The van der Waals surface area contributed by atoms with Crippen LogP contribution in [0, 0.1) is 5.92 Å². The van der Waals surface area contributed by atoms with Crippen LogP contribution in [0.5, 0.6) is 0 Å². The molecule has 3 rings (SSSR count). The van der Waals surface area contributed by atoms with Gasteiger partial charge in [-0.3, -0.25) is 4.79 Å². The molecule has 0 spiro atoms. The summed E-state index contributed by atoms with van der Waals surface area (Å²) in [6.45, 7) is 0.0820. The standard InChI is InChI=1S/C10H10N4O2S/c15-10(16-3-9-11-13-14-12-9)6-1-7-4-17-5-8(7)2-6/h4-6H,1-3H2,(H,11,12,13,14). The molecular weight excluding hydrogens is 240 g/mol. The van der Waals surface area contributed by atoms with Gasteiger partial charge in [0.2, 0.25) is 5.82 Å². The molecule has 0 aliphatic heterocycles. The molecule has 2 aromatic heterocycles. The lowest BCUT2D eigenvalue weighted by atomic mass is 10.1. The highest BCUT2D eigenvalue weighted by Crippen LogP contribution is 2.30. The molecular formula is C10H10N4O2S. The lowest BCUT2D eigenvalue weighted by Gasteiger charge is -2.07. The maximum absolute atomic E-state index is 11.8. The molecule has 0 saturated heterocycles. The van der Waals surface area contributed by atoms with Gasteiger partial charge >= 0.3 is 5.97 Å². The van der Waals surface area contributed by atoms with Crippen molar-refractivity contribution in [1.82, 2.24) is 20.6 Å². The first-order valence-electron chi connectivity index (χ1n) is 5.26. The zero-order chi connectivity index (χ0) is 11.7. The van der Waals surface area contributed by atoms with Crippen LogP contribution in [0.3, 0.4) is 0 Å². The summed E-state index contributed by atoms with van der Waals surface area (Å²) in [4.78, 5) is 11.8. The Morgan fingerprint density at radius 3 is 2.88 bits per heavy atom. The number of carbonyl (C=O) groups is 1. The fourth-order valence-electron chi connectivity index (χ4n) is 1.98. The summed E-state index contributed by atoms with van der Waals surface area (Å²) in [5, 5.41) is 17.3.